The van der Waals surface area contributed by atoms with Gasteiger partial charge in [-0.3, -0.25) is 9.78 Å². The highest BCUT2D eigenvalue weighted by Crippen LogP contribution is 2.24. The second kappa shape index (κ2) is 6.06. The molecule has 20 heavy (non-hydrogen) atoms. The number of aromatic nitrogens is 1. The first-order chi connectivity index (χ1) is 9.63. The van der Waals surface area contributed by atoms with E-state index in [1.54, 1.807) is 30.6 Å². The molecule has 0 saturated heterocycles. The maximum absolute atomic E-state index is 12.3. The molecular weight excluding hydrogens is 254 g/mol. The van der Waals surface area contributed by atoms with Gasteiger partial charge in [0.15, 0.2) is 0 Å². The summed E-state index contributed by atoms with van der Waals surface area (Å²) in [5, 5.41) is 2.89. The lowest BCUT2D eigenvalue weighted by atomic mass is 10.1. The van der Waals surface area contributed by atoms with Crippen molar-refractivity contribution in [1.29, 1.82) is 0 Å². The van der Waals surface area contributed by atoms with Crippen molar-refractivity contribution in [1.82, 2.24) is 10.3 Å². The number of pyridine rings is 1. The van der Waals surface area contributed by atoms with Gasteiger partial charge in [0.05, 0.1) is 13.2 Å². The molecule has 2 aromatic rings. The van der Waals surface area contributed by atoms with Crippen LogP contribution in [0.4, 0.5) is 5.69 Å². The standard InChI is InChI=1S/C15H17N3O2/c1-10(11-5-4-8-17-9-11)18-15(19)14-12(16)6-3-7-13(14)20-2/h3-10H,16H2,1-2H3,(H,18,19). The molecule has 5 nitrogen and oxygen atoms in total. The summed E-state index contributed by atoms with van der Waals surface area (Å²) in [7, 11) is 1.51. The molecule has 1 aromatic carbocycles. The van der Waals surface area contributed by atoms with Crippen LogP contribution in [-0.4, -0.2) is 18.0 Å². The highest BCUT2D eigenvalue weighted by atomic mass is 16.5. The largest absolute Gasteiger partial charge is 0.496 e. The average Bonchev–Trinajstić information content (AvgIpc) is 2.47. The third-order valence-electron chi connectivity index (χ3n) is 3.04. The van der Waals surface area contributed by atoms with Crippen LogP contribution in [0, 0.1) is 0 Å². The van der Waals surface area contributed by atoms with E-state index in [2.05, 4.69) is 10.3 Å². The van der Waals surface area contributed by atoms with E-state index in [-0.39, 0.29) is 11.9 Å². The Morgan fingerprint density at radius 2 is 2.15 bits per heavy atom. The molecule has 1 heterocycles. The number of carbonyl (C=O) groups excluding carboxylic acids is 1. The van der Waals surface area contributed by atoms with Gasteiger partial charge in [-0.15, -0.1) is 0 Å². The lowest BCUT2D eigenvalue weighted by Crippen LogP contribution is -2.27. The second-order valence-electron chi connectivity index (χ2n) is 4.41. The monoisotopic (exact) mass is 271 g/mol. The van der Waals surface area contributed by atoms with Crippen molar-refractivity contribution in [3.05, 3.63) is 53.9 Å². The van der Waals surface area contributed by atoms with E-state index in [9.17, 15) is 4.79 Å². The number of ether oxygens (including phenoxy) is 1. The zero-order valence-corrected chi connectivity index (χ0v) is 11.5. The first-order valence-electron chi connectivity index (χ1n) is 6.26. The van der Waals surface area contributed by atoms with Crippen LogP contribution in [0.5, 0.6) is 5.75 Å². The fraction of sp³-hybridized carbons (Fsp3) is 0.200. The number of nitrogens with one attached hydrogen (secondary N) is 1. The zero-order chi connectivity index (χ0) is 14.5. The van der Waals surface area contributed by atoms with E-state index >= 15 is 0 Å². The minimum Gasteiger partial charge on any atom is -0.496 e. The molecule has 1 atom stereocenters. The number of nitrogen functional groups attached to an aromatic ring is 1. The highest BCUT2D eigenvalue weighted by molar-refractivity contribution is 6.02. The third-order valence-corrected chi connectivity index (χ3v) is 3.04. The Bertz CT molecular complexity index is 599. The number of anilines is 1. The highest BCUT2D eigenvalue weighted by Gasteiger charge is 2.18. The molecule has 1 aromatic heterocycles. The van der Waals surface area contributed by atoms with E-state index in [1.807, 2.05) is 19.1 Å². The molecule has 104 valence electrons. The van der Waals surface area contributed by atoms with Crippen molar-refractivity contribution in [3.8, 4) is 5.75 Å². The Hall–Kier alpha value is -2.56. The van der Waals surface area contributed by atoms with Crippen molar-refractivity contribution in [3.63, 3.8) is 0 Å². The first-order valence-corrected chi connectivity index (χ1v) is 6.26. The number of rotatable bonds is 4. The van der Waals surface area contributed by atoms with Crippen LogP contribution in [0.15, 0.2) is 42.7 Å². The molecular formula is C15H17N3O2. The maximum Gasteiger partial charge on any atom is 0.257 e. The van der Waals surface area contributed by atoms with Crippen LogP contribution in [0.1, 0.15) is 28.9 Å². The number of hydrogen-bond donors (Lipinski definition) is 2. The van der Waals surface area contributed by atoms with Gasteiger partial charge in [0, 0.05) is 18.1 Å². The average molecular weight is 271 g/mol. The number of methoxy groups -OCH3 is 1. The van der Waals surface area contributed by atoms with Crippen LogP contribution >= 0.6 is 0 Å². The topological polar surface area (TPSA) is 77.2 Å². The van der Waals surface area contributed by atoms with E-state index in [4.69, 9.17) is 10.5 Å². The lowest BCUT2D eigenvalue weighted by molar-refractivity contribution is 0.0938. The normalized spacial score (nSPS) is 11.7. The smallest absolute Gasteiger partial charge is 0.257 e. The quantitative estimate of drug-likeness (QED) is 0.835. The number of nitrogens with zero attached hydrogens (tertiary/aromatic N) is 1. The van der Waals surface area contributed by atoms with E-state index in [0.29, 0.717) is 17.0 Å². The summed E-state index contributed by atoms with van der Waals surface area (Å²) in [5.41, 5.74) is 7.53. The lowest BCUT2D eigenvalue weighted by Gasteiger charge is -2.16. The van der Waals surface area contributed by atoms with E-state index < -0.39 is 0 Å². The molecule has 0 aliphatic rings. The van der Waals surface area contributed by atoms with Crippen molar-refractivity contribution in [2.24, 2.45) is 0 Å². The Morgan fingerprint density at radius 3 is 2.80 bits per heavy atom. The van der Waals surface area contributed by atoms with Crippen LogP contribution in [0.2, 0.25) is 0 Å². The van der Waals surface area contributed by atoms with Gasteiger partial charge >= 0.3 is 0 Å². The summed E-state index contributed by atoms with van der Waals surface area (Å²) in [6, 6.07) is 8.70. The summed E-state index contributed by atoms with van der Waals surface area (Å²) in [4.78, 5) is 16.4. The number of nitrogens with two attached hydrogens (primary N) is 1. The van der Waals surface area contributed by atoms with Gasteiger partial charge < -0.3 is 15.8 Å². The van der Waals surface area contributed by atoms with Crippen molar-refractivity contribution < 1.29 is 9.53 Å². The minimum atomic E-state index is -0.267. The van der Waals surface area contributed by atoms with Crippen LogP contribution in [-0.2, 0) is 0 Å². The minimum absolute atomic E-state index is 0.166. The molecule has 1 amide bonds. The Morgan fingerprint density at radius 1 is 1.35 bits per heavy atom. The second-order valence-corrected chi connectivity index (χ2v) is 4.41. The molecule has 1 unspecified atom stereocenters. The number of carbonyl (C=O) groups is 1. The zero-order valence-electron chi connectivity index (χ0n) is 11.5. The van der Waals surface area contributed by atoms with Gasteiger partial charge in [-0.05, 0) is 30.7 Å². The molecule has 0 bridgehead atoms. The molecule has 0 aliphatic heterocycles. The predicted molar refractivity (Wildman–Crippen MR) is 77.5 cm³/mol. The Balaban J connectivity index is 2.21. The van der Waals surface area contributed by atoms with Crippen molar-refractivity contribution in [2.75, 3.05) is 12.8 Å². The molecule has 0 fully saturated rings. The summed E-state index contributed by atoms with van der Waals surface area (Å²) in [6.45, 7) is 1.89. The molecule has 0 spiro atoms. The van der Waals surface area contributed by atoms with Gasteiger partial charge in [0.1, 0.15) is 11.3 Å². The van der Waals surface area contributed by atoms with Gasteiger partial charge in [0.2, 0.25) is 0 Å². The third kappa shape index (κ3) is 2.88. The summed E-state index contributed by atoms with van der Waals surface area (Å²) < 4.78 is 5.18. The van der Waals surface area contributed by atoms with Gasteiger partial charge in [-0.2, -0.15) is 0 Å². The summed E-state index contributed by atoms with van der Waals surface area (Å²) in [6.07, 6.45) is 3.41. The van der Waals surface area contributed by atoms with Gasteiger partial charge in [-0.1, -0.05) is 12.1 Å². The fourth-order valence-corrected chi connectivity index (χ4v) is 1.95. The molecule has 0 saturated carbocycles. The van der Waals surface area contributed by atoms with Gasteiger partial charge in [-0.25, -0.2) is 0 Å². The van der Waals surface area contributed by atoms with E-state index in [1.165, 1.54) is 7.11 Å². The first kappa shape index (κ1) is 13.9. The summed E-state index contributed by atoms with van der Waals surface area (Å²) in [5.74, 6) is 0.192. The Labute approximate surface area is 117 Å². The molecule has 0 radical (unpaired) electrons. The maximum atomic E-state index is 12.3. The van der Waals surface area contributed by atoms with Crippen molar-refractivity contribution in [2.45, 2.75) is 13.0 Å². The fourth-order valence-electron chi connectivity index (χ4n) is 1.95. The SMILES string of the molecule is COc1cccc(N)c1C(=O)NC(C)c1cccnc1. The number of benzene rings is 1. The van der Waals surface area contributed by atoms with Gasteiger partial charge in [0.25, 0.3) is 5.91 Å². The van der Waals surface area contributed by atoms with E-state index in [0.717, 1.165) is 5.56 Å². The number of hydrogen-bond acceptors (Lipinski definition) is 4. The Kier molecular flexibility index (Phi) is 4.20. The summed E-state index contributed by atoms with van der Waals surface area (Å²) >= 11 is 0. The number of amides is 1. The van der Waals surface area contributed by atoms with Crippen molar-refractivity contribution >= 4 is 11.6 Å². The molecule has 5 heteroatoms. The molecule has 3 N–H and O–H groups in total. The molecule has 0 aliphatic carbocycles. The van der Waals surface area contributed by atoms with Crippen LogP contribution < -0.4 is 15.8 Å². The predicted octanol–water partition coefficient (Wildman–Crippen LogP) is 2.16. The van der Waals surface area contributed by atoms with Crippen LogP contribution in [0.3, 0.4) is 0 Å². The molecule has 2 rings (SSSR count). The van der Waals surface area contributed by atoms with Crippen LogP contribution in [0.25, 0.3) is 0 Å².